The number of hydrogen-bond donors (Lipinski definition) is 1. The van der Waals surface area contributed by atoms with Gasteiger partial charge >= 0.3 is 0 Å². The Morgan fingerprint density at radius 1 is 1.53 bits per heavy atom. The fourth-order valence-electron chi connectivity index (χ4n) is 1.07. The highest BCUT2D eigenvalue weighted by Gasteiger charge is 2.06. The van der Waals surface area contributed by atoms with Crippen LogP contribution in [0.4, 0.5) is 10.1 Å². The fourth-order valence-corrected chi connectivity index (χ4v) is 1.07. The van der Waals surface area contributed by atoms with Gasteiger partial charge in [0, 0.05) is 12.3 Å². The summed E-state index contributed by atoms with van der Waals surface area (Å²) in [5, 5.41) is 14.3. The van der Waals surface area contributed by atoms with Gasteiger partial charge in [-0.3, -0.25) is 0 Å². The van der Waals surface area contributed by atoms with E-state index >= 15 is 0 Å². The lowest BCUT2D eigenvalue weighted by atomic mass is 10.2. The summed E-state index contributed by atoms with van der Waals surface area (Å²) in [6.07, 6.45) is 1.12. The largest absolute Gasteiger partial charge is 0.494 e. The van der Waals surface area contributed by atoms with E-state index in [0.717, 1.165) is 11.8 Å². The summed E-state index contributed by atoms with van der Waals surface area (Å²) in [4.78, 5) is 0. The Hall–Kier alpha value is -1.78. The van der Waals surface area contributed by atoms with Crippen LogP contribution in [0.15, 0.2) is 22.4 Å². The van der Waals surface area contributed by atoms with Crippen molar-refractivity contribution in [1.29, 1.82) is 5.41 Å². The van der Waals surface area contributed by atoms with Gasteiger partial charge in [-0.2, -0.15) is 10.2 Å². The third-order valence-corrected chi connectivity index (χ3v) is 1.82. The molecule has 0 aliphatic heterocycles. The van der Waals surface area contributed by atoms with E-state index in [-0.39, 0.29) is 12.3 Å². The smallest absolute Gasteiger partial charge is 0.167 e. The summed E-state index contributed by atoms with van der Waals surface area (Å²) in [7, 11) is 1.41. The standard InChI is InChI=1S/C10H12FN3O/c1-7-5-10(15-2)8(11)6-9(7)14-13-4-3-12/h3,5-6,12H,4H2,1-2H3. The molecule has 4 nitrogen and oxygen atoms in total. The van der Waals surface area contributed by atoms with Crippen LogP contribution in [-0.2, 0) is 0 Å². The van der Waals surface area contributed by atoms with E-state index < -0.39 is 5.82 Å². The van der Waals surface area contributed by atoms with Crippen LogP contribution in [0.5, 0.6) is 5.75 Å². The first-order valence-electron chi connectivity index (χ1n) is 4.39. The second-order valence-corrected chi connectivity index (χ2v) is 2.90. The Labute approximate surface area is 87.3 Å². The fraction of sp³-hybridized carbons (Fsp3) is 0.300. The first kappa shape index (κ1) is 11.3. The molecule has 0 heterocycles. The number of azo groups is 1. The number of nitrogens with one attached hydrogen (secondary N) is 1. The lowest BCUT2D eigenvalue weighted by molar-refractivity contribution is 0.386. The molecule has 0 fully saturated rings. The predicted octanol–water partition coefficient (Wildman–Crippen LogP) is 2.88. The molecular formula is C10H12FN3O. The van der Waals surface area contributed by atoms with Crippen LogP contribution in [-0.4, -0.2) is 19.9 Å². The first-order chi connectivity index (χ1) is 7.19. The van der Waals surface area contributed by atoms with E-state index in [9.17, 15) is 4.39 Å². The summed E-state index contributed by atoms with van der Waals surface area (Å²) in [6.45, 7) is 1.99. The Morgan fingerprint density at radius 3 is 2.87 bits per heavy atom. The molecule has 5 heteroatoms. The number of halogens is 1. The Bertz CT molecular complexity index is 390. The number of nitrogens with zero attached hydrogens (tertiary/aromatic N) is 2. The number of rotatable bonds is 4. The summed E-state index contributed by atoms with van der Waals surface area (Å²) in [5.74, 6) is -0.273. The van der Waals surface area contributed by atoms with E-state index in [4.69, 9.17) is 10.1 Å². The molecule has 80 valence electrons. The summed E-state index contributed by atoms with van der Waals surface area (Å²) in [5.41, 5.74) is 1.23. The maximum Gasteiger partial charge on any atom is 0.167 e. The SMILES string of the molecule is COc1cc(C)c(N=NCC=N)cc1F. The number of methoxy groups -OCH3 is 1. The molecule has 0 aliphatic carbocycles. The van der Waals surface area contributed by atoms with Gasteiger partial charge in [-0.25, -0.2) is 4.39 Å². The van der Waals surface area contributed by atoms with Gasteiger partial charge in [-0.15, -0.1) is 0 Å². The number of benzene rings is 1. The molecule has 0 saturated carbocycles. The average Bonchev–Trinajstić information content (AvgIpc) is 2.23. The van der Waals surface area contributed by atoms with Gasteiger partial charge in [-0.05, 0) is 18.6 Å². The molecule has 0 aliphatic rings. The molecule has 0 atom stereocenters. The first-order valence-corrected chi connectivity index (χ1v) is 4.39. The highest BCUT2D eigenvalue weighted by Crippen LogP contribution is 2.27. The minimum absolute atomic E-state index is 0.193. The van der Waals surface area contributed by atoms with Crippen LogP contribution < -0.4 is 4.74 Å². The van der Waals surface area contributed by atoms with Gasteiger partial charge < -0.3 is 10.1 Å². The van der Waals surface area contributed by atoms with Crippen molar-refractivity contribution in [3.8, 4) is 5.75 Å². The minimum Gasteiger partial charge on any atom is -0.494 e. The predicted molar refractivity (Wildman–Crippen MR) is 55.9 cm³/mol. The van der Waals surface area contributed by atoms with Gasteiger partial charge in [0.1, 0.15) is 0 Å². The second-order valence-electron chi connectivity index (χ2n) is 2.90. The van der Waals surface area contributed by atoms with Gasteiger partial charge in [0.15, 0.2) is 11.6 Å². The number of aryl methyl sites for hydroxylation is 1. The van der Waals surface area contributed by atoms with E-state index in [1.54, 1.807) is 13.0 Å². The van der Waals surface area contributed by atoms with E-state index in [2.05, 4.69) is 10.2 Å². The average molecular weight is 209 g/mol. The number of hydrogen-bond acceptors (Lipinski definition) is 4. The topological polar surface area (TPSA) is 57.8 Å². The third-order valence-electron chi connectivity index (χ3n) is 1.82. The highest BCUT2D eigenvalue weighted by molar-refractivity contribution is 5.55. The zero-order valence-electron chi connectivity index (χ0n) is 8.62. The van der Waals surface area contributed by atoms with Crippen molar-refractivity contribution in [2.45, 2.75) is 6.92 Å². The maximum absolute atomic E-state index is 13.3. The Kier molecular flexibility index (Phi) is 3.91. The third kappa shape index (κ3) is 2.83. The van der Waals surface area contributed by atoms with Gasteiger partial charge in [0.2, 0.25) is 0 Å². The number of ether oxygens (including phenoxy) is 1. The van der Waals surface area contributed by atoms with Crippen molar-refractivity contribution in [2.75, 3.05) is 13.7 Å². The summed E-state index contributed by atoms with van der Waals surface area (Å²) in [6, 6.07) is 2.83. The molecule has 0 saturated heterocycles. The molecule has 0 bridgehead atoms. The molecule has 1 rings (SSSR count). The molecule has 15 heavy (non-hydrogen) atoms. The van der Waals surface area contributed by atoms with Crippen LogP contribution in [0.25, 0.3) is 0 Å². The van der Waals surface area contributed by atoms with E-state index in [1.807, 2.05) is 0 Å². The lowest BCUT2D eigenvalue weighted by Crippen LogP contribution is -1.89. The van der Waals surface area contributed by atoms with Crippen LogP contribution in [0.2, 0.25) is 0 Å². The zero-order valence-corrected chi connectivity index (χ0v) is 8.62. The quantitative estimate of drug-likeness (QED) is 0.601. The Morgan fingerprint density at radius 2 is 2.27 bits per heavy atom. The van der Waals surface area contributed by atoms with Crippen molar-refractivity contribution in [1.82, 2.24) is 0 Å². The van der Waals surface area contributed by atoms with E-state index in [1.165, 1.54) is 13.2 Å². The molecule has 0 radical (unpaired) electrons. The Balaban J connectivity index is 2.99. The minimum atomic E-state index is -0.466. The van der Waals surface area contributed by atoms with Crippen LogP contribution in [0.3, 0.4) is 0 Å². The van der Waals surface area contributed by atoms with Gasteiger partial charge in [0.05, 0.1) is 19.3 Å². The molecule has 1 aromatic rings. The van der Waals surface area contributed by atoms with Gasteiger partial charge in [-0.1, -0.05) is 0 Å². The maximum atomic E-state index is 13.3. The summed E-state index contributed by atoms with van der Waals surface area (Å²) >= 11 is 0. The van der Waals surface area contributed by atoms with Crippen LogP contribution in [0, 0.1) is 18.2 Å². The van der Waals surface area contributed by atoms with Crippen LogP contribution in [0.1, 0.15) is 5.56 Å². The van der Waals surface area contributed by atoms with Crippen molar-refractivity contribution in [3.05, 3.63) is 23.5 Å². The van der Waals surface area contributed by atoms with Crippen molar-refractivity contribution in [2.24, 2.45) is 10.2 Å². The molecule has 1 N–H and O–H groups in total. The molecule has 1 aromatic carbocycles. The second kappa shape index (κ2) is 5.19. The lowest BCUT2D eigenvalue weighted by Gasteiger charge is -2.04. The van der Waals surface area contributed by atoms with Crippen molar-refractivity contribution in [3.63, 3.8) is 0 Å². The molecule has 0 spiro atoms. The molecule has 0 amide bonds. The van der Waals surface area contributed by atoms with E-state index in [0.29, 0.717) is 5.69 Å². The normalized spacial score (nSPS) is 10.6. The van der Waals surface area contributed by atoms with Gasteiger partial charge in [0.25, 0.3) is 0 Å². The molecule has 0 unspecified atom stereocenters. The van der Waals surface area contributed by atoms with Crippen molar-refractivity contribution < 1.29 is 9.13 Å². The monoisotopic (exact) mass is 209 g/mol. The zero-order chi connectivity index (χ0) is 11.3. The van der Waals surface area contributed by atoms with Crippen molar-refractivity contribution >= 4 is 11.9 Å². The molecular weight excluding hydrogens is 197 g/mol. The highest BCUT2D eigenvalue weighted by atomic mass is 19.1. The summed E-state index contributed by atoms with van der Waals surface area (Å²) < 4.78 is 18.1. The molecule has 0 aromatic heterocycles. The van der Waals surface area contributed by atoms with Crippen LogP contribution >= 0.6 is 0 Å².